The number of hydrogen-bond donors (Lipinski definition) is 1. The number of hydrogen-bond acceptors (Lipinski definition) is 3. The second-order valence-corrected chi connectivity index (χ2v) is 7.73. The van der Waals surface area contributed by atoms with Gasteiger partial charge in [0.05, 0.1) is 11.6 Å². The van der Waals surface area contributed by atoms with Gasteiger partial charge in [0.25, 0.3) is 5.91 Å². The molecular weight excluding hydrogens is 379 g/mol. The lowest BCUT2D eigenvalue weighted by Crippen LogP contribution is -2.41. The molecule has 0 radical (unpaired) electrons. The summed E-state index contributed by atoms with van der Waals surface area (Å²) >= 11 is 3.29. The number of benzene rings is 1. The Morgan fingerprint density at radius 1 is 1.38 bits per heavy atom. The third-order valence-corrected chi connectivity index (χ3v) is 4.72. The van der Waals surface area contributed by atoms with Crippen LogP contribution in [-0.2, 0) is 4.74 Å². The number of alkyl carbamates (subject to hydrolysis) is 1. The van der Waals surface area contributed by atoms with Crippen LogP contribution in [-0.4, -0.2) is 41.6 Å². The molecule has 1 N–H and O–H groups in total. The van der Waals surface area contributed by atoms with Crippen LogP contribution in [0.25, 0.3) is 0 Å². The van der Waals surface area contributed by atoms with Crippen LogP contribution in [0.2, 0.25) is 0 Å². The Morgan fingerprint density at radius 2 is 2.04 bits per heavy atom. The maximum atomic E-state index is 14.1. The minimum atomic E-state index is -0.576. The molecule has 1 unspecified atom stereocenters. The van der Waals surface area contributed by atoms with E-state index in [4.69, 9.17) is 4.74 Å². The number of rotatable bonds is 2. The van der Waals surface area contributed by atoms with Crippen LogP contribution in [0.15, 0.2) is 16.6 Å². The number of carbonyl (C=O) groups excluding carboxylic acids is 2. The monoisotopic (exact) mass is 400 g/mol. The summed E-state index contributed by atoms with van der Waals surface area (Å²) in [5.41, 5.74) is 0.253. The summed E-state index contributed by atoms with van der Waals surface area (Å²) in [5.74, 6) is -0.933. The Hall–Kier alpha value is -1.63. The molecule has 132 valence electrons. The highest BCUT2D eigenvalue weighted by Gasteiger charge is 2.31. The largest absolute Gasteiger partial charge is 0.444 e. The Labute approximate surface area is 149 Å². The summed E-state index contributed by atoms with van der Waals surface area (Å²) in [7, 11) is 0. The van der Waals surface area contributed by atoms with E-state index in [0.29, 0.717) is 24.0 Å². The molecule has 1 aliphatic rings. The lowest BCUT2D eigenvalue weighted by molar-refractivity contribution is 0.0502. The van der Waals surface area contributed by atoms with Gasteiger partial charge in [0.15, 0.2) is 0 Å². The molecule has 1 fully saturated rings. The minimum Gasteiger partial charge on any atom is -0.444 e. The molecule has 0 bridgehead atoms. The van der Waals surface area contributed by atoms with Crippen LogP contribution in [0.4, 0.5) is 9.18 Å². The summed E-state index contributed by atoms with van der Waals surface area (Å²) in [4.78, 5) is 26.0. The molecule has 1 aliphatic heterocycles. The number of carbonyl (C=O) groups is 2. The number of nitrogens with one attached hydrogen (secondary N) is 1. The van der Waals surface area contributed by atoms with Crippen molar-refractivity contribution in [3.8, 4) is 0 Å². The van der Waals surface area contributed by atoms with Crippen molar-refractivity contribution in [3.05, 3.63) is 33.5 Å². The van der Waals surface area contributed by atoms with E-state index in [2.05, 4.69) is 21.2 Å². The lowest BCUT2D eigenvalue weighted by Gasteiger charge is -2.22. The maximum absolute atomic E-state index is 14.1. The molecule has 2 rings (SSSR count). The smallest absolute Gasteiger partial charge is 0.407 e. The maximum Gasteiger partial charge on any atom is 0.407 e. The Morgan fingerprint density at radius 3 is 2.67 bits per heavy atom. The molecule has 24 heavy (non-hydrogen) atoms. The van der Waals surface area contributed by atoms with Crippen LogP contribution in [0.1, 0.15) is 43.1 Å². The molecular formula is C17H22BrFN2O3. The second-order valence-electron chi connectivity index (χ2n) is 6.94. The first-order valence-electron chi connectivity index (χ1n) is 7.82. The van der Waals surface area contributed by atoms with Gasteiger partial charge in [-0.3, -0.25) is 4.79 Å². The standard InChI is InChI=1S/C17H22BrFN2O3/c1-10-5-6-12(19)13(14(10)18)15(22)21-8-7-11(9-21)20-16(23)24-17(2,3)4/h5-6,11H,7-9H2,1-4H3,(H,20,23). The van der Waals surface area contributed by atoms with Gasteiger partial charge < -0.3 is 15.0 Å². The van der Waals surface area contributed by atoms with Gasteiger partial charge in [-0.05, 0) is 61.7 Å². The van der Waals surface area contributed by atoms with Crippen LogP contribution >= 0.6 is 15.9 Å². The van der Waals surface area contributed by atoms with Crippen LogP contribution in [0.3, 0.4) is 0 Å². The van der Waals surface area contributed by atoms with Crippen LogP contribution in [0.5, 0.6) is 0 Å². The first kappa shape index (κ1) is 18.7. The zero-order valence-corrected chi connectivity index (χ0v) is 15.9. The fraction of sp³-hybridized carbons (Fsp3) is 0.529. The molecule has 1 aromatic carbocycles. The Bertz CT molecular complexity index is 658. The third kappa shape index (κ3) is 4.47. The quantitative estimate of drug-likeness (QED) is 0.824. The van der Waals surface area contributed by atoms with Gasteiger partial charge in [-0.1, -0.05) is 6.07 Å². The topological polar surface area (TPSA) is 58.6 Å². The van der Waals surface area contributed by atoms with Gasteiger partial charge in [-0.2, -0.15) is 0 Å². The van der Waals surface area contributed by atoms with Gasteiger partial charge in [0, 0.05) is 17.6 Å². The average molecular weight is 401 g/mol. The lowest BCUT2D eigenvalue weighted by atomic mass is 10.1. The molecule has 1 aromatic rings. The zero-order valence-electron chi connectivity index (χ0n) is 14.3. The van der Waals surface area contributed by atoms with Crippen molar-refractivity contribution in [2.75, 3.05) is 13.1 Å². The van der Waals surface area contributed by atoms with Crippen molar-refractivity contribution in [2.45, 2.75) is 45.8 Å². The molecule has 0 spiro atoms. The predicted molar refractivity (Wildman–Crippen MR) is 92.5 cm³/mol. The highest BCUT2D eigenvalue weighted by Crippen LogP contribution is 2.26. The molecule has 0 aromatic heterocycles. The van der Waals surface area contributed by atoms with E-state index in [0.717, 1.165) is 5.56 Å². The summed E-state index contributed by atoms with van der Waals surface area (Å²) in [6.45, 7) is 7.95. The average Bonchev–Trinajstić information content (AvgIpc) is 2.89. The number of amides is 2. The summed E-state index contributed by atoms with van der Waals surface area (Å²) in [5, 5.41) is 2.75. The van der Waals surface area contributed by atoms with Gasteiger partial charge in [0.1, 0.15) is 11.4 Å². The van der Waals surface area contributed by atoms with Crippen molar-refractivity contribution in [3.63, 3.8) is 0 Å². The van der Waals surface area contributed by atoms with Gasteiger partial charge in [0.2, 0.25) is 0 Å². The van der Waals surface area contributed by atoms with E-state index in [-0.39, 0.29) is 17.5 Å². The Kier molecular flexibility index (Phi) is 5.52. The fourth-order valence-corrected chi connectivity index (χ4v) is 3.04. The molecule has 0 saturated carbocycles. The van der Waals surface area contributed by atoms with Gasteiger partial charge in [-0.25, -0.2) is 9.18 Å². The number of likely N-dealkylation sites (tertiary alicyclic amines) is 1. The van der Waals surface area contributed by atoms with Gasteiger partial charge >= 0.3 is 6.09 Å². The predicted octanol–water partition coefficient (Wildman–Crippen LogP) is 3.64. The highest BCUT2D eigenvalue weighted by atomic mass is 79.9. The molecule has 2 amide bonds. The summed E-state index contributed by atoms with van der Waals surface area (Å²) < 4.78 is 19.7. The molecule has 1 atom stereocenters. The summed E-state index contributed by atoms with van der Waals surface area (Å²) in [6, 6.07) is 2.71. The fourth-order valence-electron chi connectivity index (χ4n) is 2.55. The van der Waals surface area contributed by atoms with E-state index in [1.807, 2.05) is 0 Å². The number of aryl methyl sites for hydroxylation is 1. The Balaban J connectivity index is 2.02. The third-order valence-electron chi connectivity index (χ3n) is 3.69. The van der Waals surface area contributed by atoms with Crippen molar-refractivity contribution in [1.82, 2.24) is 10.2 Å². The van der Waals surface area contributed by atoms with E-state index in [9.17, 15) is 14.0 Å². The van der Waals surface area contributed by atoms with E-state index >= 15 is 0 Å². The second kappa shape index (κ2) is 7.09. The normalized spacial score (nSPS) is 17.8. The van der Waals surface area contributed by atoms with E-state index in [1.165, 1.54) is 6.07 Å². The summed E-state index contributed by atoms with van der Waals surface area (Å²) in [6.07, 6.45) is 0.0977. The first-order valence-corrected chi connectivity index (χ1v) is 8.61. The molecule has 5 nitrogen and oxygen atoms in total. The number of nitrogens with zero attached hydrogens (tertiary/aromatic N) is 1. The van der Waals surface area contributed by atoms with Crippen LogP contribution < -0.4 is 5.32 Å². The van der Waals surface area contributed by atoms with Gasteiger partial charge in [-0.15, -0.1) is 0 Å². The van der Waals surface area contributed by atoms with Crippen LogP contribution in [0, 0.1) is 12.7 Å². The van der Waals surface area contributed by atoms with E-state index in [1.54, 1.807) is 38.7 Å². The highest BCUT2D eigenvalue weighted by molar-refractivity contribution is 9.10. The van der Waals surface area contributed by atoms with E-state index < -0.39 is 17.5 Å². The molecule has 0 aliphatic carbocycles. The molecule has 1 saturated heterocycles. The van der Waals surface area contributed by atoms with Crippen molar-refractivity contribution < 1.29 is 18.7 Å². The number of ether oxygens (including phenoxy) is 1. The molecule has 1 heterocycles. The zero-order chi connectivity index (χ0) is 18.1. The molecule has 7 heteroatoms. The van der Waals surface area contributed by atoms with Crippen molar-refractivity contribution in [2.24, 2.45) is 0 Å². The first-order chi connectivity index (χ1) is 11.1. The minimum absolute atomic E-state index is 0.0351. The number of halogens is 2. The van der Waals surface area contributed by atoms with Crippen molar-refractivity contribution >= 4 is 27.9 Å². The SMILES string of the molecule is Cc1ccc(F)c(C(=O)N2CCC(NC(=O)OC(C)(C)C)C2)c1Br. The van der Waals surface area contributed by atoms with Crippen molar-refractivity contribution in [1.29, 1.82) is 0 Å².